The van der Waals surface area contributed by atoms with Crippen LogP contribution in [0.4, 0.5) is 13.2 Å². The van der Waals surface area contributed by atoms with Gasteiger partial charge in [0.05, 0.1) is 17.1 Å². The summed E-state index contributed by atoms with van der Waals surface area (Å²) in [5.41, 5.74) is 1.49. The number of halogens is 3. The van der Waals surface area contributed by atoms with E-state index >= 15 is 0 Å². The molecule has 8 heteroatoms. The van der Waals surface area contributed by atoms with E-state index in [9.17, 15) is 13.2 Å². The Kier molecular flexibility index (Phi) is 3.85. The van der Waals surface area contributed by atoms with Crippen molar-refractivity contribution in [3.8, 4) is 0 Å². The Morgan fingerprint density at radius 2 is 1.60 bits per heavy atom. The predicted octanol–water partition coefficient (Wildman–Crippen LogP) is 1.77. The summed E-state index contributed by atoms with van der Waals surface area (Å²) in [4.78, 5) is 0. The average molecular weight is 287 g/mol. The van der Waals surface area contributed by atoms with Crippen molar-refractivity contribution in [3.63, 3.8) is 0 Å². The van der Waals surface area contributed by atoms with E-state index in [1.165, 1.54) is 11.7 Å². The van der Waals surface area contributed by atoms with Crippen molar-refractivity contribution in [2.24, 2.45) is 14.1 Å². The van der Waals surface area contributed by atoms with Crippen LogP contribution in [0.5, 0.6) is 0 Å². The first kappa shape index (κ1) is 14.6. The summed E-state index contributed by atoms with van der Waals surface area (Å²) in [7, 11) is 3.33. The summed E-state index contributed by atoms with van der Waals surface area (Å²) in [6.45, 7) is 2.73. The van der Waals surface area contributed by atoms with Crippen LogP contribution in [-0.2, 0) is 33.4 Å². The highest BCUT2D eigenvalue weighted by molar-refractivity contribution is 5.13. The van der Waals surface area contributed by atoms with Gasteiger partial charge in [-0.05, 0) is 19.1 Å². The van der Waals surface area contributed by atoms with Crippen molar-refractivity contribution in [1.82, 2.24) is 24.9 Å². The fraction of sp³-hybridized carbons (Fsp3) is 0.500. The molecule has 0 saturated heterocycles. The summed E-state index contributed by atoms with van der Waals surface area (Å²) in [6, 6.07) is 2.98. The van der Waals surface area contributed by atoms with Crippen molar-refractivity contribution >= 4 is 0 Å². The normalized spacial score (nSPS) is 12.1. The van der Waals surface area contributed by atoms with Gasteiger partial charge in [-0.25, -0.2) is 0 Å². The lowest BCUT2D eigenvalue weighted by Gasteiger charge is -2.05. The zero-order valence-corrected chi connectivity index (χ0v) is 11.5. The molecule has 0 aromatic carbocycles. The summed E-state index contributed by atoms with van der Waals surface area (Å²) in [6.07, 6.45) is -4.41. The highest BCUT2D eigenvalue weighted by atomic mass is 19.4. The number of hydrogen-bond donors (Lipinski definition) is 1. The maximum absolute atomic E-state index is 12.5. The van der Waals surface area contributed by atoms with Gasteiger partial charge in [-0.1, -0.05) is 0 Å². The molecule has 0 spiro atoms. The lowest BCUT2D eigenvalue weighted by atomic mass is 10.3. The van der Waals surface area contributed by atoms with Gasteiger partial charge in [0.25, 0.3) is 0 Å². The van der Waals surface area contributed by atoms with Gasteiger partial charge in [0.1, 0.15) is 0 Å². The van der Waals surface area contributed by atoms with Crippen LogP contribution in [0.3, 0.4) is 0 Å². The molecule has 0 bridgehead atoms. The topological polar surface area (TPSA) is 47.7 Å². The number of aryl methyl sites for hydroxylation is 3. The molecule has 1 N–H and O–H groups in total. The zero-order chi connectivity index (χ0) is 14.9. The molecular formula is C12H16F3N5. The SMILES string of the molecule is Cc1cc(CNCc2cc(C(F)(F)F)nn2C)n(C)n1. The van der Waals surface area contributed by atoms with Crippen molar-refractivity contribution in [2.45, 2.75) is 26.2 Å². The minimum atomic E-state index is -4.41. The second kappa shape index (κ2) is 5.28. The van der Waals surface area contributed by atoms with Gasteiger partial charge >= 0.3 is 6.18 Å². The Balaban J connectivity index is 1.98. The van der Waals surface area contributed by atoms with Crippen LogP contribution in [0.1, 0.15) is 22.8 Å². The highest BCUT2D eigenvalue weighted by Crippen LogP contribution is 2.28. The Hall–Kier alpha value is -1.83. The number of nitrogens with zero attached hydrogens (tertiary/aromatic N) is 4. The summed E-state index contributed by atoms with van der Waals surface area (Å²) in [5.74, 6) is 0. The molecular weight excluding hydrogens is 271 g/mol. The fourth-order valence-electron chi connectivity index (χ4n) is 1.96. The number of nitrogens with one attached hydrogen (secondary N) is 1. The lowest BCUT2D eigenvalue weighted by Crippen LogP contribution is -2.17. The van der Waals surface area contributed by atoms with E-state index in [-0.39, 0.29) is 0 Å². The van der Waals surface area contributed by atoms with E-state index in [4.69, 9.17) is 0 Å². The first-order chi connectivity index (χ1) is 9.27. The molecule has 0 unspecified atom stereocenters. The fourth-order valence-corrected chi connectivity index (χ4v) is 1.96. The molecule has 0 radical (unpaired) electrons. The van der Waals surface area contributed by atoms with Crippen LogP contribution in [0, 0.1) is 6.92 Å². The highest BCUT2D eigenvalue weighted by Gasteiger charge is 2.34. The first-order valence-electron chi connectivity index (χ1n) is 6.07. The van der Waals surface area contributed by atoms with Crippen LogP contribution in [-0.4, -0.2) is 19.6 Å². The molecule has 0 amide bonds. The maximum Gasteiger partial charge on any atom is 0.435 e. The molecule has 0 aliphatic carbocycles. The number of rotatable bonds is 4. The average Bonchev–Trinajstić information content (AvgIpc) is 2.83. The Labute approximate surface area is 114 Å². The largest absolute Gasteiger partial charge is 0.435 e. The van der Waals surface area contributed by atoms with E-state index in [0.717, 1.165) is 17.5 Å². The molecule has 2 aromatic heterocycles. The van der Waals surface area contributed by atoms with E-state index in [2.05, 4.69) is 15.5 Å². The van der Waals surface area contributed by atoms with E-state index in [0.29, 0.717) is 18.8 Å². The molecule has 0 aliphatic heterocycles. The third kappa shape index (κ3) is 3.19. The van der Waals surface area contributed by atoms with Crippen molar-refractivity contribution in [2.75, 3.05) is 0 Å². The molecule has 0 saturated carbocycles. The second-order valence-electron chi connectivity index (χ2n) is 4.65. The molecule has 0 fully saturated rings. The number of hydrogen-bond acceptors (Lipinski definition) is 3. The molecule has 20 heavy (non-hydrogen) atoms. The third-order valence-electron chi connectivity index (χ3n) is 2.98. The standard InChI is InChI=1S/C12H16F3N5/c1-8-4-9(19(2)17-8)6-16-7-10-5-11(12(13,14)15)18-20(10)3/h4-5,16H,6-7H2,1-3H3. The molecule has 2 heterocycles. The Morgan fingerprint density at radius 1 is 1.05 bits per heavy atom. The van der Waals surface area contributed by atoms with Crippen LogP contribution < -0.4 is 5.32 Å². The van der Waals surface area contributed by atoms with Gasteiger partial charge in [0.15, 0.2) is 5.69 Å². The van der Waals surface area contributed by atoms with Crippen molar-refractivity contribution < 1.29 is 13.2 Å². The molecule has 0 atom stereocenters. The molecule has 5 nitrogen and oxygen atoms in total. The summed E-state index contributed by atoms with van der Waals surface area (Å²) in [5, 5.41) is 10.8. The second-order valence-corrected chi connectivity index (χ2v) is 4.65. The van der Waals surface area contributed by atoms with Gasteiger partial charge in [0, 0.05) is 27.2 Å². The zero-order valence-electron chi connectivity index (χ0n) is 11.5. The Bertz CT molecular complexity index is 597. The first-order valence-corrected chi connectivity index (χ1v) is 6.07. The van der Waals surface area contributed by atoms with Gasteiger partial charge in [-0.2, -0.15) is 23.4 Å². The molecule has 2 rings (SSSR count). The maximum atomic E-state index is 12.5. The van der Waals surface area contributed by atoms with Crippen LogP contribution >= 0.6 is 0 Å². The van der Waals surface area contributed by atoms with Gasteiger partial charge < -0.3 is 5.32 Å². The molecule has 110 valence electrons. The van der Waals surface area contributed by atoms with Crippen LogP contribution in [0.25, 0.3) is 0 Å². The monoisotopic (exact) mass is 287 g/mol. The molecule has 2 aromatic rings. The number of alkyl halides is 3. The minimum Gasteiger partial charge on any atom is -0.306 e. The predicted molar refractivity (Wildman–Crippen MR) is 66.7 cm³/mol. The van der Waals surface area contributed by atoms with Gasteiger partial charge in [0.2, 0.25) is 0 Å². The van der Waals surface area contributed by atoms with Crippen molar-refractivity contribution in [3.05, 3.63) is 34.9 Å². The van der Waals surface area contributed by atoms with Crippen LogP contribution in [0.2, 0.25) is 0 Å². The minimum absolute atomic E-state index is 0.309. The smallest absolute Gasteiger partial charge is 0.306 e. The number of aromatic nitrogens is 4. The van der Waals surface area contributed by atoms with E-state index in [1.54, 1.807) is 4.68 Å². The molecule has 0 aliphatic rings. The van der Waals surface area contributed by atoms with Crippen molar-refractivity contribution in [1.29, 1.82) is 0 Å². The van der Waals surface area contributed by atoms with Crippen LogP contribution in [0.15, 0.2) is 12.1 Å². The summed E-state index contributed by atoms with van der Waals surface area (Å²) < 4.78 is 40.5. The quantitative estimate of drug-likeness (QED) is 0.932. The third-order valence-corrected chi connectivity index (χ3v) is 2.98. The van der Waals surface area contributed by atoms with E-state index < -0.39 is 11.9 Å². The lowest BCUT2D eigenvalue weighted by molar-refractivity contribution is -0.141. The van der Waals surface area contributed by atoms with Gasteiger partial charge in [-0.15, -0.1) is 0 Å². The summed E-state index contributed by atoms with van der Waals surface area (Å²) >= 11 is 0. The van der Waals surface area contributed by atoms with Gasteiger partial charge in [-0.3, -0.25) is 9.36 Å². The van der Waals surface area contributed by atoms with E-state index in [1.807, 2.05) is 20.0 Å². The Morgan fingerprint density at radius 3 is 2.05 bits per heavy atom.